The van der Waals surface area contributed by atoms with Crippen LogP contribution in [0.5, 0.6) is 5.88 Å². The van der Waals surface area contributed by atoms with Gasteiger partial charge in [0.25, 0.3) is 0 Å². The highest BCUT2D eigenvalue weighted by Gasteiger charge is 2.11. The SMILES string of the molecule is COc1ncc(Cn2cc(N)cn2)nc1-c1cccc(Cl)c1. The van der Waals surface area contributed by atoms with E-state index in [1.54, 1.807) is 36.4 Å². The molecule has 0 fully saturated rings. The Bertz CT molecular complexity index is 802. The fourth-order valence-electron chi connectivity index (χ4n) is 2.10. The van der Waals surface area contributed by atoms with Crippen LogP contribution in [-0.2, 0) is 6.54 Å². The number of methoxy groups -OCH3 is 1. The molecule has 112 valence electrons. The molecule has 22 heavy (non-hydrogen) atoms. The molecule has 7 heteroatoms. The van der Waals surface area contributed by atoms with Crippen molar-refractivity contribution < 1.29 is 4.74 Å². The minimum absolute atomic E-state index is 0.450. The van der Waals surface area contributed by atoms with Crippen molar-refractivity contribution in [1.82, 2.24) is 19.7 Å². The zero-order chi connectivity index (χ0) is 15.5. The lowest BCUT2D eigenvalue weighted by Crippen LogP contribution is -2.05. The van der Waals surface area contributed by atoms with Crippen LogP contribution in [0.1, 0.15) is 5.69 Å². The maximum Gasteiger partial charge on any atom is 0.240 e. The minimum atomic E-state index is 0.450. The fourth-order valence-corrected chi connectivity index (χ4v) is 2.29. The normalized spacial score (nSPS) is 10.6. The lowest BCUT2D eigenvalue weighted by Gasteiger charge is -2.09. The Balaban J connectivity index is 1.99. The Hall–Kier alpha value is -2.60. The summed E-state index contributed by atoms with van der Waals surface area (Å²) >= 11 is 6.05. The van der Waals surface area contributed by atoms with E-state index in [4.69, 9.17) is 22.1 Å². The average Bonchev–Trinajstić information content (AvgIpc) is 2.92. The number of rotatable bonds is 4. The Labute approximate surface area is 132 Å². The van der Waals surface area contributed by atoms with Gasteiger partial charge in [-0.25, -0.2) is 9.97 Å². The van der Waals surface area contributed by atoms with E-state index in [0.29, 0.717) is 28.8 Å². The van der Waals surface area contributed by atoms with Crippen molar-refractivity contribution >= 4 is 17.3 Å². The van der Waals surface area contributed by atoms with Crippen LogP contribution in [0.25, 0.3) is 11.3 Å². The summed E-state index contributed by atoms with van der Waals surface area (Å²) in [5.41, 5.74) is 8.51. The third kappa shape index (κ3) is 3.01. The molecule has 1 aromatic carbocycles. The summed E-state index contributed by atoms with van der Waals surface area (Å²) in [6, 6.07) is 7.40. The molecule has 6 nitrogen and oxygen atoms in total. The molecule has 0 amide bonds. The summed E-state index contributed by atoms with van der Waals surface area (Å²) in [5.74, 6) is 0.450. The van der Waals surface area contributed by atoms with Crippen molar-refractivity contribution in [2.75, 3.05) is 12.8 Å². The monoisotopic (exact) mass is 315 g/mol. The molecule has 2 heterocycles. The van der Waals surface area contributed by atoms with Crippen LogP contribution in [-0.4, -0.2) is 26.9 Å². The van der Waals surface area contributed by atoms with Gasteiger partial charge in [-0.1, -0.05) is 23.7 Å². The molecule has 0 saturated heterocycles. The van der Waals surface area contributed by atoms with Crippen molar-refractivity contribution in [3.63, 3.8) is 0 Å². The number of aromatic nitrogens is 4. The lowest BCUT2D eigenvalue weighted by molar-refractivity contribution is 0.397. The van der Waals surface area contributed by atoms with E-state index in [2.05, 4.69) is 15.1 Å². The molecule has 0 atom stereocenters. The van der Waals surface area contributed by atoms with E-state index < -0.39 is 0 Å². The van der Waals surface area contributed by atoms with Crippen LogP contribution in [0, 0.1) is 0 Å². The Morgan fingerprint density at radius 1 is 1.32 bits per heavy atom. The van der Waals surface area contributed by atoms with Crippen LogP contribution in [0.15, 0.2) is 42.9 Å². The van der Waals surface area contributed by atoms with Gasteiger partial charge >= 0.3 is 0 Å². The summed E-state index contributed by atoms with van der Waals surface area (Å²) in [6.45, 7) is 0.474. The fraction of sp³-hybridized carbons (Fsp3) is 0.133. The van der Waals surface area contributed by atoms with Gasteiger partial charge in [0.05, 0.1) is 37.4 Å². The Kier molecular flexibility index (Phi) is 3.93. The quantitative estimate of drug-likeness (QED) is 0.800. The largest absolute Gasteiger partial charge is 0.479 e. The number of anilines is 1. The summed E-state index contributed by atoms with van der Waals surface area (Å²) in [5, 5.41) is 4.77. The number of hydrogen-bond acceptors (Lipinski definition) is 5. The minimum Gasteiger partial charge on any atom is -0.479 e. The first-order valence-corrected chi connectivity index (χ1v) is 6.97. The van der Waals surface area contributed by atoms with Gasteiger partial charge in [0.1, 0.15) is 5.69 Å². The molecule has 0 spiro atoms. The first-order valence-electron chi connectivity index (χ1n) is 6.59. The molecule has 2 aromatic heterocycles. The first kappa shape index (κ1) is 14.3. The summed E-state index contributed by atoms with van der Waals surface area (Å²) < 4.78 is 6.99. The number of nitrogens with two attached hydrogens (primary N) is 1. The van der Waals surface area contributed by atoms with Gasteiger partial charge in [0.15, 0.2) is 0 Å². The van der Waals surface area contributed by atoms with Crippen LogP contribution in [0.3, 0.4) is 0 Å². The van der Waals surface area contributed by atoms with E-state index in [1.165, 1.54) is 0 Å². The molecule has 3 rings (SSSR count). The molecule has 0 radical (unpaired) electrons. The number of halogens is 1. The van der Waals surface area contributed by atoms with Crippen LogP contribution >= 0.6 is 11.6 Å². The summed E-state index contributed by atoms with van der Waals surface area (Å²) in [7, 11) is 1.56. The number of hydrogen-bond donors (Lipinski definition) is 1. The smallest absolute Gasteiger partial charge is 0.240 e. The Morgan fingerprint density at radius 3 is 2.86 bits per heavy atom. The van der Waals surface area contributed by atoms with E-state index in [0.717, 1.165) is 11.3 Å². The van der Waals surface area contributed by atoms with E-state index >= 15 is 0 Å². The van der Waals surface area contributed by atoms with Gasteiger partial charge in [0, 0.05) is 16.8 Å². The van der Waals surface area contributed by atoms with Crippen molar-refractivity contribution in [2.24, 2.45) is 0 Å². The van der Waals surface area contributed by atoms with Crippen molar-refractivity contribution in [3.8, 4) is 17.1 Å². The predicted molar refractivity (Wildman–Crippen MR) is 84.8 cm³/mol. The number of ether oxygens (including phenoxy) is 1. The molecule has 0 aliphatic carbocycles. The van der Waals surface area contributed by atoms with Crippen LogP contribution in [0.2, 0.25) is 5.02 Å². The zero-order valence-corrected chi connectivity index (χ0v) is 12.7. The summed E-state index contributed by atoms with van der Waals surface area (Å²) in [4.78, 5) is 8.92. The van der Waals surface area contributed by atoms with Gasteiger partial charge in [-0.05, 0) is 12.1 Å². The van der Waals surface area contributed by atoms with Crippen molar-refractivity contribution in [1.29, 1.82) is 0 Å². The van der Waals surface area contributed by atoms with Crippen LogP contribution < -0.4 is 10.5 Å². The highest BCUT2D eigenvalue weighted by molar-refractivity contribution is 6.30. The third-order valence-corrected chi connectivity index (χ3v) is 3.29. The second-order valence-electron chi connectivity index (χ2n) is 4.70. The molecule has 2 N–H and O–H groups in total. The second-order valence-corrected chi connectivity index (χ2v) is 5.14. The van der Waals surface area contributed by atoms with Gasteiger partial charge in [0.2, 0.25) is 5.88 Å². The molecule has 3 aromatic rings. The van der Waals surface area contributed by atoms with Crippen molar-refractivity contribution in [2.45, 2.75) is 6.54 Å². The standard InChI is InChI=1S/C15H14ClN5O/c1-22-15-14(10-3-2-4-11(16)5-10)20-13(7-18-15)9-21-8-12(17)6-19-21/h2-8H,9,17H2,1H3. The lowest BCUT2D eigenvalue weighted by atomic mass is 10.1. The Morgan fingerprint density at radius 2 is 2.18 bits per heavy atom. The summed E-state index contributed by atoms with van der Waals surface area (Å²) in [6.07, 6.45) is 4.99. The molecule has 0 aliphatic rings. The molecular weight excluding hydrogens is 302 g/mol. The van der Waals surface area contributed by atoms with Crippen molar-refractivity contribution in [3.05, 3.63) is 53.6 Å². The van der Waals surface area contributed by atoms with E-state index in [-0.39, 0.29) is 0 Å². The van der Waals surface area contributed by atoms with Gasteiger partial charge in [-0.3, -0.25) is 4.68 Å². The predicted octanol–water partition coefficient (Wildman–Crippen LogP) is 2.63. The highest BCUT2D eigenvalue weighted by atomic mass is 35.5. The maximum atomic E-state index is 6.05. The van der Waals surface area contributed by atoms with Gasteiger partial charge in [-0.15, -0.1) is 0 Å². The highest BCUT2D eigenvalue weighted by Crippen LogP contribution is 2.28. The molecular formula is C15H14ClN5O. The number of nitrogen functional groups attached to an aromatic ring is 1. The molecule has 0 bridgehead atoms. The van der Waals surface area contributed by atoms with Crippen LogP contribution in [0.4, 0.5) is 5.69 Å². The molecule has 0 unspecified atom stereocenters. The first-order chi connectivity index (χ1) is 10.7. The number of benzene rings is 1. The van der Waals surface area contributed by atoms with Gasteiger partial charge in [-0.2, -0.15) is 5.10 Å². The number of nitrogens with zero attached hydrogens (tertiary/aromatic N) is 4. The zero-order valence-electron chi connectivity index (χ0n) is 11.9. The average molecular weight is 316 g/mol. The molecule has 0 saturated carbocycles. The molecule has 0 aliphatic heterocycles. The van der Waals surface area contributed by atoms with E-state index in [9.17, 15) is 0 Å². The second kappa shape index (κ2) is 6.03. The third-order valence-electron chi connectivity index (χ3n) is 3.06. The maximum absolute atomic E-state index is 6.05. The van der Waals surface area contributed by atoms with E-state index in [1.807, 2.05) is 18.2 Å². The van der Waals surface area contributed by atoms with Gasteiger partial charge < -0.3 is 10.5 Å². The topological polar surface area (TPSA) is 78.9 Å².